The largest absolute Gasteiger partial charge is 0.310 e. The maximum Gasteiger partial charge on any atom is 0.126 e. The van der Waals surface area contributed by atoms with Gasteiger partial charge < -0.3 is 5.32 Å². The van der Waals surface area contributed by atoms with E-state index in [1.807, 2.05) is 24.3 Å². The van der Waals surface area contributed by atoms with Crippen molar-refractivity contribution in [2.24, 2.45) is 0 Å². The topological polar surface area (TPSA) is 24.9 Å². The van der Waals surface area contributed by atoms with Crippen LogP contribution in [0.5, 0.6) is 0 Å². The van der Waals surface area contributed by atoms with Crippen molar-refractivity contribution in [3.63, 3.8) is 0 Å². The monoisotopic (exact) mass is 244 g/mol. The zero-order valence-electron chi connectivity index (χ0n) is 10.4. The minimum Gasteiger partial charge on any atom is -0.310 e. The molecule has 0 saturated carbocycles. The number of nitrogens with one attached hydrogen (secondary N) is 1. The van der Waals surface area contributed by atoms with Crippen LogP contribution in [0.25, 0.3) is 0 Å². The first kappa shape index (κ1) is 12.7. The zero-order valence-corrected chi connectivity index (χ0v) is 10.4. The molecule has 0 saturated heterocycles. The summed E-state index contributed by atoms with van der Waals surface area (Å²) in [6.45, 7) is 2.84. The van der Waals surface area contributed by atoms with Gasteiger partial charge in [0.05, 0.1) is 0 Å². The summed E-state index contributed by atoms with van der Waals surface area (Å²) in [4.78, 5) is 3.97. The van der Waals surface area contributed by atoms with Crippen LogP contribution in [0.15, 0.2) is 48.8 Å². The summed E-state index contributed by atoms with van der Waals surface area (Å²) in [5.74, 6) is -0.130. The van der Waals surface area contributed by atoms with Crippen molar-refractivity contribution in [2.75, 3.05) is 0 Å². The van der Waals surface area contributed by atoms with Crippen LogP contribution in [-0.4, -0.2) is 11.0 Å². The lowest BCUT2D eigenvalue weighted by atomic mass is 10.1. The fraction of sp³-hybridized carbons (Fsp3) is 0.267. The van der Waals surface area contributed by atoms with Gasteiger partial charge in [-0.1, -0.05) is 18.2 Å². The minimum absolute atomic E-state index is 0.130. The normalized spacial score (nSPS) is 12.3. The molecule has 0 bridgehead atoms. The Kier molecular flexibility index (Phi) is 4.42. The lowest BCUT2D eigenvalue weighted by molar-refractivity contribution is 0.526. The van der Waals surface area contributed by atoms with Crippen molar-refractivity contribution >= 4 is 0 Å². The molecule has 0 radical (unpaired) electrons. The summed E-state index contributed by atoms with van der Waals surface area (Å²) in [6.07, 6.45) is 4.24. The number of aromatic nitrogens is 1. The first-order valence-corrected chi connectivity index (χ1v) is 6.11. The van der Waals surface area contributed by atoms with Gasteiger partial charge in [-0.15, -0.1) is 0 Å². The Labute approximate surface area is 107 Å². The maximum atomic E-state index is 13.5. The highest BCUT2D eigenvalue weighted by atomic mass is 19.1. The third-order valence-electron chi connectivity index (χ3n) is 2.89. The number of hydrogen-bond donors (Lipinski definition) is 1. The summed E-state index contributed by atoms with van der Waals surface area (Å²) < 4.78 is 13.5. The molecule has 0 amide bonds. The molecule has 2 rings (SSSR count). The van der Waals surface area contributed by atoms with Gasteiger partial charge in [0.15, 0.2) is 0 Å². The van der Waals surface area contributed by atoms with Crippen LogP contribution in [0.3, 0.4) is 0 Å². The predicted molar refractivity (Wildman–Crippen MR) is 70.6 cm³/mol. The Bertz CT molecular complexity index is 485. The standard InChI is InChI=1S/C15H17FN2/c1-12(10-14-4-2-3-5-15(14)16)18-11-13-6-8-17-9-7-13/h2-9,12,18H,10-11H2,1H3. The molecule has 1 aromatic carbocycles. The average Bonchev–Trinajstić information content (AvgIpc) is 2.40. The van der Waals surface area contributed by atoms with Crippen LogP contribution in [0.2, 0.25) is 0 Å². The molecule has 1 N–H and O–H groups in total. The lowest BCUT2D eigenvalue weighted by Gasteiger charge is -2.14. The maximum absolute atomic E-state index is 13.5. The number of halogens is 1. The van der Waals surface area contributed by atoms with Gasteiger partial charge in [0.1, 0.15) is 5.82 Å². The number of pyridine rings is 1. The minimum atomic E-state index is -0.130. The van der Waals surface area contributed by atoms with Gasteiger partial charge in [-0.25, -0.2) is 4.39 Å². The van der Waals surface area contributed by atoms with Crippen LogP contribution in [0.4, 0.5) is 4.39 Å². The van der Waals surface area contributed by atoms with E-state index in [1.165, 1.54) is 11.6 Å². The summed E-state index contributed by atoms with van der Waals surface area (Å²) in [5.41, 5.74) is 1.94. The molecule has 18 heavy (non-hydrogen) atoms. The quantitative estimate of drug-likeness (QED) is 0.874. The van der Waals surface area contributed by atoms with Crippen LogP contribution in [0.1, 0.15) is 18.1 Å². The highest BCUT2D eigenvalue weighted by molar-refractivity contribution is 5.18. The number of benzene rings is 1. The van der Waals surface area contributed by atoms with E-state index in [0.717, 1.165) is 12.1 Å². The van der Waals surface area contributed by atoms with Gasteiger partial charge >= 0.3 is 0 Å². The first-order chi connectivity index (χ1) is 8.75. The Morgan fingerprint density at radius 1 is 1.17 bits per heavy atom. The van der Waals surface area contributed by atoms with Crippen molar-refractivity contribution < 1.29 is 4.39 Å². The lowest BCUT2D eigenvalue weighted by Crippen LogP contribution is -2.27. The smallest absolute Gasteiger partial charge is 0.126 e. The molecule has 1 unspecified atom stereocenters. The molecular formula is C15H17FN2. The van der Waals surface area contributed by atoms with Gasteiger partial charge in [0.2, 0.25) is 0 Å². The molecule has 0 fully saturated rings. The van der Waals surface area contributed by atoms with E-state index in [1.54, 1.807) is 18.5 Å². The van der Waals surface area contributed by atoms with Gasteiger partial charge in [-0.3, -0.25) is 4.98 Å². The van der Waals surface area contributed by atoms with Crippen molar-refractivity contribution in [1.82, 2.24) is 10.3 Å². The molecule has 1 aromatic heterocycles. The van der Waals surface area contributed by atoms with Gasteiger partial charge in [-0.2, -0.15) is 0 Å². The Balaban J connectivity index is 1.86. The fourth-order valence-corrected chi connectivity index (χ4v) is 1.86. The van der Waals surface area contributed by atoms with Crippen LogP contribution in [0, 0.1) is 5.82 Å². The van der Waals surface area contributed by atoms with E-state index in [2.05, 4.69) is 17.2 Å². The van der Waals surface area contributed by atoms with E-state index >= 15 is 0 Å². The Morgan fingerprint density at radius 2 is 1.89 bits per heavy atom. The van der Waals surface area contributed by atoms with E-state index in [4.69, 9.17) is 0 Å². The summed E-state index contributed by atoms with van der Waals surface area (Å²) in [6, 6.07) is 11.1. The van der Waals surface area contributed by atoms with Crippen LogP contribution >= 0.6 is 0 Å². The van der Waals surface area contributed by atoms with Crippen molar-refractivity contribution in [1.29, 1.82) is 0 Å². The van der Waals surface area contributed by atoms with Crippen LogP contribution < -0.4 is 5.32 Å². The van der Waals surface area contributed by atoms with Gasteiger partial charge in [0, 0.05) is 25.0 Å². The third-order valence-corrected chi connectivity index (χ3v) is 2.89. The average molecular weight is 244 g/mol. The molecule has 0 aliphatic heterocycles. The number of hydrogen-bond acceptors (Lipinski definition) is 2. The molecule has 0 aliphatic rings. The molecule has 3 heteroatoms. The first-order valence-electron chi connectivity index (χ1n) is 6.11. The molecule has 0 spiro atoms. The summed E-state index contributed by atoms with van der Waals surface area (Å²) >= 11 is 0. The van der Waals surface area contributed by atoms with Gasteiger partial charge in [-0.05, 0) is 42.7 Å². The summed E-state index contributed by atoms with van der Waals surface area (Å²) in [5, 5.41) is 3.38. The second kappa shape index (κ2) is 6.26. The zero-order chi connectivity index (χ0) is 12.8. The van der Waals surface area contributed by atoms with E-state index in [9.17, 15) is 4.39 Å². The number of nitrogens with zero attached hydrogens (tertiary/aromatic N) is 1. The highest BCUT2D eigenvalue weighted by Gasteiger charge is 2.06. The molecule has 1 heterocycles. The predicted octanol–water partition coefficient (Wildman–Crippen LogP) is 2.94. The number of rotatable bonds is 5. The third kappa shape index (κ3) is 3.64. The molecular weight excluding hydrogens is 227 g/mol. The van der Waals surface area contributed by atoms with Gasteiger partial charge in [0.25, 0.3) is 0 Å². The fourth-order valence-electron chi connectivity index (χ4n) is 1.86. The second-order valence-electron chi connectivity index (χ2n) is 4.43. The Morgan fingerprint density at radius 3 is 2.61 bits per heavy atom. The summed E-state index contributed by atoms with van der Waals surface area (Å²) in [7, 11) is 0. The SMILES string of the molecule is CC(Cc1ccccc1F)NCc1ccncc1. The van der Waals surface area contributed by atoms with Crippen molar-refractivity contribution in [3.8, 4) is 0 Å². The van der Waals surface area contributed by atoms with E-state index in [-0.39, 0.29) is 11.9 Å². The molecule has 2 aromatic rings. The molecule has 94 valence electrons. The van der Waals surface area contributed by atoms with Crippen molar-refractivity contribution in [3.05, 3.63) is 65.7 Å². The van der Waals surface area contributed by atoms with E-state index < -0.39 is 0 Å². The highest BCUT2D eigenvalue weighted by Crippen LogP contribution is 2.09. The van der Waals surface area contributed by atoms with Crippen molar-refractivity contribution in [2.45, 2.75) is 25.9 Å². The molecule has 2 nitrogen and oxygen atoms in total. The Hall–Kier alpha value is -1.74. The van der Waals surface area contributed by atoms with Crippen LogP contribution in [-0.2, 0) is 13.0 Å². The molecule has 1 atom stereocenters. The van der Waals surface area contributed by atoms with E-state index in [0.29, 0.717) is 6.42 Å². The second-order valence-corrected chi connectivity index (χ2v) is 4.43. The molecule has 0 aliphatic carbocycles.